The second-order valence-corrected chi connectivity index (χ2v) is 3.96. The van der Waals surface area contributed by atoms with Crippen LogP contribution in [0.4, 0.5) is 0 Å². The number of aromatic carboxylic acids is 1. The molecular formula is C15H11O4-. The van der Waals surface area contributed by atoms with Crippen LogP contribution >= 0.6 is 0 Å². The predicted molar refractivity (Wildman–Crippen MR) is 66.9 cm³/mol. The lowest BCUT2D eigenvalue weighted by atomic mass is 10.1. The van der Waals surface area contributed by atoms with Gasteiger partial charge < -0.3 is 14.6 Å². The minimum absolute atomic E-state index is 0.138. The van der Waals surface area contributed by atoms with Crippen LogP contribution in [0.3, 0.4) is 0 Å². The molecule has 0 aromatic heterocycles. The summed E-state index contributed by atoms with van der Waals surface area (Å²) in [7, 11) is 0. The standard InChI is InChI=1S/C15H12O4/c16-9-11-3-7-14(8-4-11)19-10-12-1-5-13(6-2-12)15(17)18/h1-9H,10H2,(H,17,18)/p-1. The van der Waals surface area contributed by atoms with Crippen molar-refractivity contribution in [3.05, 3.63) is 65.2 Å². The van der Waals surface area contributed by atoms with Crippen molar-refractivity contribution < 1.29 is 19.4 Å². The van der Waals surface area contributed by atoms with Gasteiger partial charge in [0.1, 0.15) is 18.6 Å². The van der Waals surface area contributed by atoms with Crippen molar-refractivity contribution in [3.8, 4) is 5.75 Å². The first-order chi connectivity index (χ1) is 9.19. The Morgan fingerprint density at radius 2 is 1.68 bits per heavy atom. The highest BCUT2D eigenvalue weighted by molar-refractivity contribution is 5.85. The fourth-order valence-electron chi connectivity index (χ4n) is 1.55. The van der Waals surface area contributed by atoms with E-state index in [0.717, 1.165) is 11.8 Å². The van der Waals surface area contributed by atoms with Gasteiger partial charge in [0.05, 0.1) is 5.97 Å². The third-order valence-corrected chi connectivity index (χ3v) is 2.61. The van der Waals surface area contributed by atoms with Gasteiger partial charge in [0.15, 0.2) is 0 Å². The Balaban J connectivity index is 1.97. The molecule has 2 aromatic rings. The summed E-state index contributed by atoms with van der Waals surface area (Å²) in [6, 6.07) is 13.0. The lowest BCUT2D eigenvalue weighted by molar-refractivity contribution is -0.255. The van der Waals surface area contributed by atoms with Gasteiger partial charge in [-0.2, -0.15) is 0 Å². The average Bonchev–Trinajstić information content (AvgIpc) is 2.46. The molecular weight excluding hydrogens is 244 g/mol. The summed E-state index contributed by atoms with van der Waals surface area (Å²) >= 11 is 0. The quantitative estimate of drug-likeness (QED) is 0.758. The van der Waals surface area contributed by atoms with Crippen LogP contribution in [0.15, 0.2) is 48.5 Å². The van der Waals surface area contributed by atoms with E-state index in [1.165, 1.54) is 12.1 Å². The van der Waals surface area contributed by atoms with Gasteiger partial charge in [-0.05, 0) is 35.4 Å². The van der Waals surface area contributed by atoms with E-state index >= 15 is 0 Å². The number of carboxylic acid groups (broad SMARTS) is 1. The van der Waals surface area contributed by atoms with Gasteiger partial charge in [0.2, 0.25) is 0 Å². The maximum absolute atomic E-state index is 10.6. The van der Waals surface area contributed by atoms with Crippen LogP contribution in [-0.4, -0.2) is 12.3 Å². The highest BCUT2D eigenvalue weighted by atomic mass is 16.5. The number of ether oxygens (including phenoxy) is 1. The molecule has 0 fully saturated rings. The van der Waals surface area contributed by atoms with Crippen molar-refractivity contribution in [2.75, 3.05) is 0 Å². The molecule has 96 valence electrons. The van der Waals surface area contributed by atoms with Crippen LogP contribution in [0.25, 0.3) is 0 Å². The Morgan fingerprint density at radius 1 is 1.05 bits per heavy atom. The zero-order valence-electron chi connectivity index (χ0n) is 10.0. The smallest absolute Gasteiger partial charge is 0.150 e. The van der Waals surface area contributed by atoms with Gasteiger partial charge in [-0.1, -0.05) is 24.3 Å². The zero-order chi connectivity index (χ0) is 13.7. The molecule has 0 heterocycles. The molecule has 0 aliphatic rings. The molecule has 0 spiro atoms. The van der Waals surface area contributed by atoms with Gasteiger partial charge >= 0.3 is 0 Å². The third kappa shape index (κ3) is 3.42. The maximum Gasteiger partial charge on any atom is 0.150 e. The molecule has 0 amide bonds. The van der Waals surface area contributed by atoms with Gasteiger partial charge in [0.25, 0.3) is 0 Å². The second kappa shape index (κ2) is 5.82. The molecule has 0 atom stereocenters. The number of aldehydes is 1. The monoisotopic (exact) mass is 255 g/mol. The highest BCUT2D eigenvalue weighted by Crippen LogP contribution is 2.13. The van der Waals surface area contributed by atoms with Crippen molar-refractivity contribution >= 4 is 12.3 Å². The summed E-state index contributed by atoms with van der Waals surface area (Å²) in [5.41, 5.74) is 1.58. The first kappa shape index (κ1) is 12.8. The fourth-order valence-corrected chi connectivity index (χ4v) is 1.55. The van der Waals surface area contributed by atoms with E-state index in [1.807, 2.05) is 0 Å². The molecule has 19 heavy (non-hydrogen) atoms. The molecule has 0 radical (unpaired) electrons. The zero-order valence-corrected chi connectivity index (χ0v) is 10.0. The van der Waals surface area contributed by atoms with Gasteiger partial charge in [-0.25, -0.2) is 0 Å². The van der Waals surface area contributed by atoms with Crippen LogP contribution in [0.5, 0.6) is 5.75 Å². The van der Waals surface area contributed by atoms with E-state index in [0.29, 0.717) is 17.9 Å². The molecule has 0 saturated carbocycles. The van der Waals surface area contributed by atoms with E-state index in [-0.39, 0.29) is 5.56 Å². The summed E-state index contributed by atoms with van der Waals surface area (Å²) in [6.07, 6.45) is 0.766. The van der Waals surface area contributed by atoms with E-state index < -0.39 is 5.97 Å². The minimum Gasteiger partial charge on any atom is -0.545 e. The van der Waals surface area contributed by atoms with E-state index in [2.05, 4.69) is 0 Å². The lowest BCUT2D eigenvalue weighted by Crippen LogP contribution is -2.22. The number of rotatable bonds is 5. The molecule has 0 unspecified atom stereocenters. The van der Waals surface area contributed by atoms with Crippen molar-refractivity contribution in [2.45, 2.75) is 6.61 Å². The summed E-state index contributed by atoms with van der Waals surface area (Å²) in [6.45, 7) is 0.327. The lowest BCUT2D eigenvalue weighted by Gasteiger charge is -2.07. The SMILES string of the molecule is O=Cc1ccc(OCc2ccc(C(=O)[O-])cc2)cc1. The van der Waals surface area contributed by atoms with E-state index in [9.17, 15) is 14.7 Å². The van der Waals surface area contributed by atoms with Crippen LogP contribution in [-0.2, 0) is 6.61 Å². The Labute approximate surface area is 110 Å². The molecule has 2 aromatic carbocycles. The summed E-state index contributed by atoms with van der Waals surface area (Å²) in [5.74, 6) is -0.550. The van der Waals surface area contributed by atoms with E-state index in [1.54, 1.807) is 36.4 Å². The van der Waals surface area contributed by atoms with E-state index in [4.69, 9.17) is 4.74 Å². The number of hydrogen-bond donors (Lipinski definition) is 0. The molecule has 0 saturated heterocycles. The Morgan fingerprint density at radius 3 is 2.21 bits per heavy atom. The Hall–Kier alpha value is -2.62. The predicted octanol–water partition coefficient (Wildman–Crippen LogP) is 1.44. The van der Waals surface area contributed by atoms with Crippen LogP contribution in [0, 0.1) is 0 Å². The Bertz CT molecular complexity index is 570. The second-order valence-electron chi connectivity index (χ2n) is 3.96. The summed E-state index contributed by atoms with van der Waals surface area (Å²) in [5, 5.41) is 10.6. The molecule has 0 N–H and O–H groups in total. The molecule has 0 aliphatic carbocycles. The van der Waals surface area contributed by atoms with Crippen LogP contribution < -0.4 is 9.84 Å². The van der Waals surface area contributed by atoms with Gasteiger partial charge in [-0.3, -0.25) is 4.79 Å². The number of carbonyl (C=O) groups excluding carboxylic acids is 2. The number of carbonyl (C=O) groups is 2. The Kier molecular flexibility index (Phi) is 3.93. The van der Waals surface area contributed by atoms with Crippen molar-refractivity contribution in [2.24, 2.45) is 0 Å². The van der Waals surface area contributed by atoms with Crippen molar-refractivity contribution in [3.63, 3.8) is 0 Å². The number of benzene rings is 2. The summed E-state index contributed by atoms with van der Waals surface area (Å²) in [4.78, 5) is 21.1. The largest absolute Gasteiger partial charge is 0.545 e. The number of carboxylic acids is 1. The van der Waals surface area contributed by atoms with Gasteiger partial charge in [-0.15, -0.1) is 0 Å². The van der Waals surface area contributed by atoms with Crippen LogP contribution in [0.1, 0.15) is 26.3 Å². The average molecular weight is 255 g/mol. The molecule has 4 nitrogen and oxygen atoms in total. The topological polar surface area (TPSA) is 66.4 Å². The highest BCUT2D eigenvalue weighted by Gasteiger charge is 1.98. The first-order valence-corrected chi connectivity index (χ1v) is 5.67. The normalized spacial score (nSPS) is 9.89. The molecule has 2 rings (SSSR count). The first-order valence-electron chi connectivity index (χ1n) is 5.67. The van der Waals surface area contributed by atoms with Gasteiger partial charge in [0, 0.05) is 5.56 Å². The van der Waals surface area contributed by atoms with Crippen molar-refractivity contribution in [1.82, 2.24) is 0 Å². The fraction of sp³-hybridized carbons (Fsp3) is 0.0667. The summed E-state index contributed by atoms with van der Waals surface area (Å²) < 4.78 is 5.51. The molecule has 0 aliphatic heterocycles. The number of hydrogen-bond acceptors (Lipinski definition) is 4. The van der Waals surface area contributed by atoms with Crippen LogP contribution in [0.2, 0.25) is 0 Å². The molecule has 4 heteroatoms. The minimum atomic E-state index is -1.20. The third-order valence-electron chi connectivity index (χ3n) is 2.61. The molecule has 0 bridgehead atoms. The van der Waals surface area contributed by atoms with Crippen molar-refractivity contribution in [1.29, 1.82) is 0 Å². The maximum atomic E-state index is 10.6.